The molecule has 0 saturated carbocycles. The zero-order chi connectivity index (χ0) is 24.8. The van der Waals surface area contributed by atoms with E-state index in [1.54, 1.807) is 7.11 Å². The minimum Gasteiger partial charge on any atom is -0.496 e. The Labute approximate surface area is 205 Å². The number of nitrogens with one attached hydrogen (secondary N) is 2. The maximum Gasteiger partial charge on any atom is 0.222 e. The third-order valence-corrected chi connectivity index (χ3v) is 6.11. The maximum atomic E-state index is 9.91. The van der Waals surface area contributed by atoms with Crippen molar-refractivity contribution in [1.82, 2.24) is 19.9 Å². The molecule has 0 fully saturated rings. The molecule has 0 aliphatic heterocycles. The van der Waals surface area contributed by atoms with Gasteiger partial charge in [-0.1, -0.05) is 37.6 Å². The van der Waals surface area contributed by atoms with Crippen molar-refractivity contribution in [2.45, 2.75) is 38.9 Å². The van der Waals surface area contributed by atoms with Crippen LogP contribution in [-0.2, 0) is 13.1 Å². The Morgan fingerprint density at radius 1 is 1.14 bits per heavy atom. The smallest absolute Gasteiger partial charge is 0.222 e. The molecule has 0 amide bonds. The highest BCUT2D eigenvalue weighted by Gasteiger charge is 2.20. The Bertz CT molecular complexity index is 1290. The Hall–Kier alpha value is -3.40. The number of nitrogens with two attached hydrogens (primary N) is 1. The molecular weight excluding hydrogens is 444 g/mol. The highest BCUT2D eigenvalue weighted by atomic mass is 16.5. The second-order valence-electron chi connectivity index (χ2n) is 8.59. The molecule has 35 heavy (non-hydrogen) atoms. The summed E-state index contributed by atoms with van der Waals surface area (Å²) in [6.45, 7) is 3.88. The van der Waals surface area contributed by atoms with Gasteiger partial charge in [0.25, 0.3) is 0 Å². The lowest BCUT2D eigenvalue weighted by molar-refractivity contribution is 0.268. The average molecular weight is 479 g/mol. The number of nitrogen functional groups attached to an aromatic ring is 1. The van der Waals surface area contributed by atoms with Crippen molar-refractivity contribution in [3.8, 4) is 5.75 Å². The molecule has 9 heteroatoms. The monoisotopic (exact) mass is 478 g/mol. The molecule has 4 rings (SSSR count). The van der Waals surface area contributed by atoms with Crippen LogP contribution in [0.3, 0.4) is 0 Å². The summed E-state index contributed by atoms with van der Waals surface area (Å²) in [7, 11) is 1.67. The number of aromatic nitrogens is 3. The zero-order valence-electron chi connectivity index (χ0n) is 20.3. The van der Waals surface area contributed by atoms with Crippen molar-refractivity contribution < 1.29 is 14.9 Å². The number of aliphatic hydroxyl groups is 2. The summed E-state index contributed by atoms with van der Waals surface area (Å²) in [5.74, 6) is 1.58. The van der Waals surface area contributed by atoms with Crippen LogP contribution in [0.5, 0.6) is 5.75 Å². The number of methoxy groups -OCH3 is 1. The zero-order valence-corrected chi connectivity index (χ0v) is 20.3. The molecule has 0 aliphatic carbocycles. The van der Waals surface area contributed by atoms with E-state index < -0.39 is 0 Å². The predicted molar refractivity (Wildman–Crippen MR) is 140 cm³/mol. The van der Waals surface area contributed by atoms with Crippen LogP contribution < -0.4 is 21.1 Å². The third kappa shape index (κ3) is 5.32. The fraction of sp³-hybridized carbons (Fsp3) is 0.385. The standard InChI is InChI=1S/C26H34N6O3/c1-3-6-19(16-34)29-25-24-23(30-26(27)31-25)20-7-4-5-8-21(20)32(24)15-18-13-17(14-28-11-12-33)9-10-22(18)35-2/h4-5,7-10,13,19,28,33-34H,3,6,11-12,14-16H2,1-2H3,(H3,27,29,30,31)/t19-/m0/s1. The maximum absolute atomic E-state index is 9.91. The summed E-state index contributed by atoms with van der Waals surface area (Å²) >= 11 is 0. The minimum atomic E-state index is -0.139. The van der Waals surface area contributed by atoms with E-state index >= 15 is 0 Å². The van der Waals surface area contributed by atoms with Crippen molar-refractivity contribution in [3.63, 3.8) is 0 Å². The van der Waals surface area contributed by atoms with Crippen LogP contribution in [-0.4, -0.2) is 57.7 Å². The summed E-state index contributed by atoms with van der Waals surface area (Å²) in [6, 6.07) is 14.0. The number of fused-ring (bicyclic) bond motifs is 3. The van der Waals surface area contributed by atoms with E-state index in [4.69, 9.17) is 15.6 Å². The molecule has 2 aromatic heterocycles. The number of para-hydroxylation sites is 1. The van der Waals surface area contributed by atoms with Gasteiger partial charge in [0.1, 0.15) is 16.8 Å². The number of anilines is 2. The van der Waals surface area contributed by atoms with E-state index in [1.165, 1.54) is 0 Å². The SMILES string of the molecule is CCC[C@@H](CO)Nc1nc(N)nc2c3ccccc3n(Cc3cc(CNCCO)ccc3OC)c12. The number of ether oxygens (including phenoxy) is 1. The number of aliphatic hydroxyl groups excluding tert-OH is 2. The number of rotatable bonds is 12. The summed E-state index contributed by atoms with van der Waals surface area (Å²) in [5.41, 5.74) is 10.8. The Balaban J connectivity index is 1.86. The first-order valence-electron chi connectivity index (χ1n) is 12.0. The van der Waals surface area contributed by atoms with Gasteiger partial charge in [0, 0.05) is 24.0 Å². The second kappa shape index (κ2) is 11.4. The van der Waals surface area contributed by atoms with Crippen molar-refractivity contribution >= 4 is 33.7 Å². The molecule has 1 atom stereocenters. The van der Waals surface area contributed by atoms with Crippen molar-refractivity contribution in [1.29, 1.82) is 0 Å². The van der Waals surface area contributed by atoms with Gasteiger partial charge in [0.15, 0.2) is 5.82 Å². The van der Waals surface area contributed by atoms with E-state index in [9.17, 15) is 5.11 Å². The Kier molecular flexibility index (Phi) is 8.02. The van der Waals surface area contributed by atoms with Gasteiger partial charge >= 0.3 is 0 Å². The van der Waals surface area contributed by atoms with Crippen LogP contribution in [0.15, 0.2) is 42.5 Å². The van der Waals surface area contributed by atoms with E-state index in [0.717, 1.165) is 51.7 Å². The average Bonchev–Trinajstić information content (AvgIpc) is 3.17. The molecule has 9 nitrogen and oxygen atoms in total. The van der Waals surface area contributed by atoms with E-state index in [0.29, 0.717) is 25.5 Å². The lowest BCUT2D eigenvalue weighted by Gasteiger charge is -2.19. The van der Waals surface area contributed by atoms with Crippen LogP contribution >= 0.6 is 0 Å². The van der Waals surface area contributed by atoms with Crippen LogP contribution in [0.2, 0.25) is 0 Å². The molecule has 0 unspecified atom stereocenters. The first kappa shape index (κ1) is 24.7. The predicted octanol–water partition coefficient (Wildman–Crippen LogP) is 2.88. The number of hydrogen-bond donors (Lipinski definition) is 5. The Morgan fingerprint density at radius 3 is 2.71 bits per heavy atom. The minimum absolute atomic E-state index is 0.00379. The first-order valence-corrected chi connectivity index (χ1v) is 12.0. The third-order valence-electron chi connectivity index (χ3n) is 6.11. The van der Waals surface area contributed by atoms with Crippen LogP contribution in [0.4, 0.5) is 11.8 Å². The van der Waals surface area contributed by atoms with Gasteiger partial charge in [0.05, 0.1) is 38.4 Å². The molecule has 2 heterocycles. The summed E-state index contributed by atoms with van der Waals surface area (Å²) < 4.78 is 7.86. The molecule has 2 aromatic carbocycles. The normalized spacial score (nSPS) is 12.3. The first-order chi connectivity index (χ1) is 17.1. The largest absolute Gasteiger partial charge is 0.496 e. The van der Waals surface area contributed by atoms with Crippen LogP contribution in [0, 0.1) is 0 Å². The lowest BCUT2D eigenvalue weighted by Crippen LogP contribution is -2.25. The molecule has 0 radical (unpaired) electrons. The molecule has 186 valence electrons. The molecular formula is C26H34N6O3. The summed E-state index contributed by atoms with van der Waals surface area (Å²) in [4.78, 5) is 9.13. The number of benzene rings is 2. The molecule has 0 spiro atoms. The van der Waals surface area contributed by atoms with E-state index in [1.807, 2.05) is 30.3 Å². The van der Waals surface area contributed by atoms with Crippen molar-refractivity contribution in [2.75, 3.05) is 37.9 Å². The van der Waals surface area contributed by atoms with Gasteiger partial charge in [-0.15, -0.1) is 0 Å². The fourth-order valence-electron chi connectivity index (χ4n) is 4.51. The van der Waals surface area contributed by atoms with E-state index in [2.05, 4.69) is 44.2 Å². The summed E-state index contributed by atoms with van der Waals surface area (Å²) in [5, 5.41) is 26.6. The molecule has 0 bridgehead atoms. The highest BCUT2D eigenvalue weighted by molar-refractivity contribution is 6.09. The van der Waals surface area contributed by atoms with Gasteiger partial charge in [-0.05, 0) is 30.2 Å². The highest BCUT2D eigenvalue weighted by Crippen LogP contribution is 2.34. The van der Waals surface area contributed by atoms with E-state index in [-0.39, 0.29) is 25.2 Å². The summed E-state index contributed by atoms with van der Waals surface area (Å²) in [6.07, 6.45) is 1.73. The number of nitrogens with zero attached hydrogens (tertiary/aromatic N) is 3. The van der Waals surface area contributed by atoms with Gasteiger partial charge in [-0.3, -0.25) is 0 Å². The molecule has 4 aromatic rings. The van der Waals surface area contributed by atoms with Crippen molar-refractivity contribution in [3.05, 3.63) is 53.6 Å². The van der Waals surface area contributed by atoms with Gasteiger partial charge in [-0.25, -0.2) is 4.98 Å². The van der Waals surface area contributed by atoms with Crippen molar-refractivity contribution in [2.24, 2.45) is 0 Å². The van der Waals surface area contributed by atoms with Crippen LogP contribution in [0.1, 0.15) is 30.9 Å². The molecule has 0 saturated heterocycles. The molecule has 6 N–H and O–H groups in total. The van der Waals surface area contributed by atoms with Gasteiger partial charge in [0.2, 0.25) is 5.95 Å². The topological polar surface area (TPSA) is 130 Å². The van der Waals surface area contributed by atoms with Gasteiger partial charge < -0.3 is 35.9 Å². The quantitative estimate of drug-likeness (QED) is 0.197. The van der Waals surface area contributed by atoms with Gasteiger partial charge in [-0.2, -0.15) is 4.98 Å². The fourth-order valence-corrected chi connectivity index (χ4v) is 4.51. The lowest BCUT2D eigenvalue weighted by atomic mass is 10.1. The van der Waals surface area contributed by atoms with Crippen LogP contribution in [0.25, 0.3) is 21.9 Å². The second-order valence-corrected chi connectivity index (χ2v) is 8.59. The number of hydrogen-bond acceptors (Lipinski definition) is 8. The molecule has 0 aliphatic rings. The Morgan fingerprint density at radius 2 is 1.97 bits per heavy atom.